The van der Waals surface area contributed by atoms with Crippen LogP contribution in [0, 0.1) is 0 Å². The van der Waals surface area contributed by atoms with Gasteiger partial charge in [-0.2, -0.15) is 0 Å². The Balaban J connectivity index is 2.35. The third-order valence-electron chi connectivity index (χ3n) is 3.78. The maximum atomic E-state index is 12.3. The number of aromatic nitrogens is 3. The first-order valence-electron chi connectivity index (χ1n) is 6.57. The molecule has 2 aromatic heterocycles. The van der Waals surface area contributed by atoms with E-state index in [9.17, 15) is 9.59 Å². The Labute approximate surface area is 123 Å². The molecule has 1 aliphatic heterocycles. The molecule has 0 amide bonds. The molecule has 1 N–H and O–H groups in total. The maximum absolute atomic E-state index is 12.3. The highest BCUT2D eigenvalue weighted by Gasteiger charge is 2.21. The van der Waals surface area contributed by atoms with E-state index in [0.29, 0.717) is 11.2 Å². The van der Waals surface area contributed by atoms with Crippen molar-refractivity contribution in [1.29, 1.82) is 0 Å². The molecular weight excluding hydrogens is 324 g/mol. The Morgan fingerprint density at radius 3 is 2.70 bits per heavy atom. The van der Waals surface area contributed by atoms with Gasteiger partial charge in [0, 0.05) is 23.8 Å². The monoisotopic (exact) mass is 338 g/mol. The maximum Gasteiger partial charge on any atom is 0.318 e. The Hall–Kier alpha value is -1.47. The van der Waals surface area contributed by atoms with Gasteiger partial charge in [-0.1, -0.05) is 0 Å². The summed E-state index contributed by atoms with van der Waals surface area (Å²) in [5.74, 6) is 0. The quantitative estimate of drug-likeness (QED) is 0.780. The molecular formula is C13H15BrN4O2. The summed E-state index contributed by atoms with van der Waals surface area (Å²) >= 11 is 3.35. The van der Waals surface area contributed by atoms with Gasteiger partial charge < -0.3 is 9.88 Å². The van der Waals surface area contributed by atoms with Crippen LogP contribution in [0.15, 0.2) is 26.3 Å². The van der Waals surface area contributed by atoms with Gasteiger partial charge in [0.15, 0.2) is 5.65 Å². The third kappa shape index (κ3) is 2.10. The molecule has 7 heteroatoms. The molecule has 0 bridgehead atoms. The van der Waals surface area contributed by atoms with Crippen LogP contribution >= 0.6 is 15.9 Å². The van der Waals surface area contributed by atoms with Crippen molar-refractivity contribution in [2.75, 3.05) is 13.1 Å². The highest BCUT2D eigenvalue weighted by atomic mass is 79.9. The lowest BCUT2D eigenvalue weighted by Crippen LogP contribution is -2.44. The van der Waals surface area contributed by atoms with Crippen LogP contribution in [0.5, 0.6) is 0 Å². The van der Waals surface area contributed by atoms with Crippen LogP contribution in [-0.2, 0) is 7.05 Å². The summed E-state index contributed by atoms with van der Waals surface area (Å²) in [6.45, 7) is 1.70. The van der Waals surface area contributed by atoms with E-state index >= 15 is 0 Å². The van der Waals surface area contributed by atoms with E-state index in [-0.39, 0.29) is 6.04 Å². The van der Waals surface area contributed by atoms with Gasteiger partial charge in [-0.3, -0.25) is 14.2 Å². The van der Waals surface area contributed by atoms with Gasteiger partial charge in [-0.25, -0.2) is 4.98 Å². The topological polar surface area (TPSA) is 68.9 Å². The molecule has 0 radical (unpaired) electrons. The van der Waals surface area contributed by atoms with Crippen molar-refractivity contribution < 1.29 is 0 Å². The molecule has 0 unspecified atom stereocenters. The summed E-state index contributed by atoms with van der Waals surface area (Å²) in [6.07, 6.45) is 3.32. The molecule has 1 fully saturated rings. The van der Waals surface area contributed by atoms with Gasteiger partial charge in [0.2, 0.25) is 0 Å². The van der Waals surface area contributed by atoms with Crippen LogP contribution in [0.1, 0.15) is 18.9 Å². The van der Waals surface area contributed by atoms with E-state index in [2.05, 4.69) is 26.2 Å². The highest BCUT2D eigenvalue weighted by molar-refractivity contribution is 9.10. The number of nitrogens with zero attached hydrogens (tertiary/aromatic N) is 3. The zero-order valence-corrected chi connectivity index (χ0v) is 12.7. The van der Waals surface area contributed by atoms with E-state index in [1.165, 1.54) is 4.57 Å². The molecule has 2 aromatic rings. The van der Waals surface area contributed by atoms with E-state index in [4.69, 9.17) is 0 Å². The zero-order chi connectivity index (χ0) is 14.3. The van der Waals surface area contributed by atoms with Crippen molar-refractivity contribution in [3.05, 3.63) is 37.4 Å². The number of fused-ring (bicyclic) bond motifs is 1. The van der Waals surface area contributed by atoms with Crippen molar-refractivity contribution in [2.24, 2.45) is 7.05 Å². The highest BCUT2D eigenvalue weighted by Crippen LogP contribution is 2.21. The van der Waals surface area contributed by atoms with Crippen LogP contribution in [0.25, 0.3) is 11.2 Å². The molecule has 0 atom stereocenters. The summed E-state index contributed by atoms with van der Waals surface area (Å²) in [4.78, 5) is 28.8. The number of halogens is 1. The summed E-state index contributed by atoms with van der Waals surface area (Å²) in [7, 11) is 1.60. The Morgan fingerprint density at radius 1 is 1.30 bits per heavy atom. The minimum absolute atomic E-state index is 0.0359. The fraction of sp³-hybridized carbons (Fsp3) is 0.462. The van der Waals surface area contributed by atoms with Crippen molar-refractivity contribution in [3.63, 3.8) is 0 Å². The van der Waals surface area contributed by atoms with E-state index < -0.39 is 11.1 Å². The lowest BCUT2D eigenvalue weighted by atomic mass is 10.1. The fourth-order valence-electron chi connectivity index (χ4n) is 2.71. The largest absolute Gasteiger partial charge is 0.318 e. The first kappa shape index (κ1) is 13.5. The predicted octanol–water partition coefficient (Wildman–Crippen LogP) is 0.782. The van der Waals surface area contributed by atoms with Crippen molar-refractivity contribution in [2.45, 2.75) is 18.9 Å². The number of rotatable bonds is 1. The normalized spacial score (nSPS) is 16.7. The van der Waals surface area contributed by atoms with Crippen LogP contribution in [-0.4, -0.2) is 27.2 Å². The van der Waals surface area contributed by atoms with Crippen molar-refractivity contribution in [3.8, 4) is 0 Å². The Bertz CT molecular complexity index is 774. The van der Waals surface area contributed by atoms with Crippen LogP contribution in [0.2, 0.25) is 0 Å². The minimum Gasteiger partial charge on any atom is -0.317 e. The minimum atomic E-state index is -0.504. The lowest BCUT2D eigenvalue weighted by molar-refractivity contribution is 0.365. The second-order valence-corrected chi connectivity index (χ2v) is 5.93. The van der Waals surface area contributed by atoms with E-state index in [0.717, 1.165) is 30.4 Å². The zero-order valence-electron chi connectivity index (χ0n) is 11.1. The fourth-order valence-corrected chi connectivity index (χ4v) is 3.03. The van der Waals surface area contributed by atoms with Gasteiger partial charge in [-0.15, -0.1) is 0 Å². The van der Waals surface area contributed by atoms with Gasteiger partial charge >= 0.3 is 11.1 Å². The van der Waals surface area contributed by atoms with Crippen LogP contribution in [0.4, 0.5) is 0 Å². The van der Waals surface area contributed by atoms with E-state index in [1.807, 2.05) is 6.07 Å². The molecule has 0 aliphatic carbocycles. The van der Waals surface area contributed by atoms with Crippen molar-refractivity contribution >= 4 is 27.1 Å². The van der Waals surface area contributed by atoms with Gasteiger partial charge in [0.05, 0.1) is 5.52 Å². The molecule has 0 aromatic carbocycles. The number of nitrogens with one attached hydrogen (secondary N) is 1. The van der Waals surface area contributed by atoms with Crippen molar-refractivity contribution in [1.82, 2.24) is 19.4 Å². The summed E-state index contributed by atoms with van der Waals surface area (Å²) in [5.41, 5.74) is 0.257. The average molecular weight is 339 g/mol. The molecule has 20 heavy (non-hydrogen) atoms. The molecule has 3 rings (SSSR count). The molecule has 6 nitrogen and oxygen atoms in total. The predicted molar refractivity (Wildman–Crippen MR) is 80.1 cm³/mol. The number of pyridine rings is 1. The molecule has 3 heterocycles. The number of aryl methyl sites for hydroxylation is 1. The summed E-state index contributed by atoms with van der Waals surface area (Å²) in [6, 6.07) is 1.86. The van der Waals surface area contributed by atoms with E-state index in [1.54, 1.807) is 17.8 Å². The molecule has 1 saturated heterocycles. The third-order valence-corrected chi connectivity index (χ3v) is 4.22. The SMILES string of the molecule is Cn1c(=O)c(=O)n(C2CCNCC2)c2ncc(Br)cc21. The first-order valence-corrected chi connectivity index (χ1v) is 7.36. The first-order chi connectivity index (χ1) is 9.59. The van der Waals surface area contributed by atoms with Gasteiger partial charge in [0.25, 0.3) is 0 Å². The van der Waals surface area contributed by atoms with Crippen LogP contribution in [0.3, 0.4) is 0 Å². The number of hydrogen-bond donors (Lipinski definition) is 1. The summed E-state index contributed by atoms with van der Waals surface area (Å²) in [5, 5.41) is 3.26. The van der Waals surface area contributed by atoms with Gasteiger partial charge in [0.1, 0.15) is 0 Å². The molecule has 0 saturated carbocycles. The smallest absolute Gasteiger partial charge is 0.317 e. The standard InChI is InChI=1S/C13H15BrN4O2/c1-17-10-6-8(14)7-16-11(10)18(13(20)12(17)19)9-2-4-15-5-3-9/h6-7,9,15H,2-5H2,1H3. The Kier molecular flexibility index (Phi) is 3.47. The number of piperidine rings is 1. The molecule has 1 aliphatic rings. The molecule has 106 valence electrons. The Morgan fingerprint density at radius 2 is 2.00 bits per heavy atom. The van der Waals surface area contributed by atoms with Gasteiger partial charge in [-0.05, 0) is 47.9 Å². The average Bonchev–Trinajstić information content (AvgIpc) is 2.47. The second-order valence-electron chi connectivity index (χ2n) is 5.02. The summed E-state index contributed by atoms with van der Waals surface area (Å²) < 4.78 is 3.73. The van der Waals surface area contributed by atoms with Crippen LogP contribution < -0.4 is 16.4 Å². The number of hydrogen-bond acceptors (Lipinski definition) is 4. The second kappa shape index (κ2) is 5.14. The molecule has 0 spiro atoms. The lowest BCUT2D eigenvalue weighted by Gasteiger charge is -2.25.